The van der Waals surface area contributed by atoms with E-state index in [1.807, 2.05) is 44.2 Å². The lowest BCUT2D eigenvalue weighted by atomic mass is 9.91. The van der Waals surface area contributed by atoms with Gasteiger partial charge in [-0.2, -0.15) is 10.2 Å². The molecular weight excluding hydrogens is 448 g/mol. The number of hydrogen-bond acceptors (Lipinski definition) is 5. The number of benzene rings is 1. The molecule has 1 saturated carbocycles. The van der Waals surface area contributed by atoms with Gasteiger partial charge in [-0.25, -0.2) is 23.0 Å². The maximum absolute atomic E-state index is 13.8. The highest BCUT2D eigenvalue weighted by atomic mass is 19.3. The van der Waals surface area contributed by atoms with Crippen molar-refractivity contribution in [2.24, 2.45) is 5.73 Å². The Hall–Kier alpha value is -3.33. The Labute approximate surface area is 204 Å². The molecule has 1 aliphatic carbocycles. The lowest BCUT2D eigenvalue weighted by Crippen LogP contribution is -2.42. The van der Waals surface area contributed by atoms with E-state index in [1.165, 1.54) is 10.2 Å². The first-order valence-corrected chi connectivity index (χ1v) is 12.4. The Bertz CT molecular complexity index is 1250. The zero-order chi connectivity index (χ0) is 24.9. The van der Waals surface area contributed by atoms with Crippen molar-refractivity contribution in [3.63, 3.8) is 0 Å². The molecule has 9 heteroatoms. The predicted molar refractivity (Wildman–Crippen MR) is 135 cm³/mol. The van der Waals surface area contributed by atoms with E-state index in [0.29, 0.717) is 22.7 Å². The molecule has 5 rings (SSSR count). The monoisotopic (exact) mass is 481 g/mol. The maximum atomic E-state index is 13.8. The molecule has 2 atom stereocenters. The lowest BCUT2D eigenvalue weighted by molar-refractivity contribution is 0.146. The SMILES string of the molecule is CC.CCc1ccc(-n2cc(-c3cc4nc(NC5CCCCC5N)ccn4n3)c(C(F)F)n2)cc1. The minimum Gasteiger partial charge on any atom is -0.366 e. The van der Waals surface area contributed by atoms with Crippen molar-refractivity contribution in [2.75, 3.05) is 5.32 Å². The summed E-state index contributed by atoms with van der Waals surface area (Å²) in [4.78, 5) is 4.63. The largest absolute Gasteiger partial charge is 0.366 e. The Morgan fingerprint density at radius 2 is 1.83 bits per heavy atom. The summed E-state index contributed by atoms with van der Waals surface area (Å²) in [5.74, 6) is 0.706. The molecular formula is C26H33F2N7. The van der Waals surface area contributed by atoms with Crippen molar-refractivity contribution in [1.82, 2.24) is 24.4 Å². The fourth-order valence-corrected chi connectivity index (χ4v) is 4.38. The summed E-state index contributed by atoms with van der Waals surface area (Å²) in [5, 5.41) is 12.1. The molecule has 186 valence electrons. The van der Waals surface area contributed by atoms with Gasteiger partial charge in [0.2, 0.25) is 0 Å². The Morgan fingerprint density at radius 1 is 1.09 bits per heavy atom. The Balaban J connectivity index is 0.00000141. The Kier molecular flexibility index (Phi) is 7.75. The normalized spacial score (nSPS) is 17.9. The van der Waals surface area contributed by atoms with Gasteiger partial charge >= 0.3 is 0 Å². The molecule has 1 fully saturated rings. The van der Waals surface area contributed by atoms with Crippen molar-refractivity contribution < 1.29 is 8.78 Å². The predicted octanol–water partition coefficient (Wildman–Crippen LogP) is 5.79. The average Bonchev–Trinajstić information content (AvgIpc) is 3.51. The summed E-state index contributed by atoms with van der Waals surface area (Å²) in [6.45, 7) is 6.07. The van der Waals surface area contributed by atoms with E-state index in [2.05, 4.69) is 27.4 Å². The highest BCUT2D eigenvalue weighted by Crippen LogP contribution is 2.31. The second-order valence-corrected chi connectivity index (χ2v) is 8.54. The van der Waals surface area contributed by atoms with E-state index in [1.54, 1.807) is 23.0 Å². The number of alkyl halides is 2. The minimum absolute atomic E-state index is 0.100. The molecule has 1 aromatic carbocycles. The van der Waals surface area contributed by atoms with Crippen molar-refractivity contribution in [3.8, 4) is 16.9 Å². The van der Waals surface area contributed by atoms with E-state index in [9.17, 15) is 8.78 Å². The fourth-order valence-electron chi connectivity index (χ4n) is 4.38. The van der Waals surface area contributed by atoms with Gasteiger partial charge in [-0.3, -0.25) is 0 Å². The van der Waals surface area contributed by atoms with Crippen molar-refractivity contribution in [3.05, 3.63) is 60.0 Å². The van der Waals surface area contributed by atoms with Crippen LogP contribution in [-0.2, 0) is 6.42 Å². The van der Waals surface area contributed by atoms with Crippen LogP contribution in [0.25, 0.3) is 22.6 Å². The molecule has 1 aliphatic rings. The molecule has 0 bridgehead atoms. The molecule has 0 amide bonds. The fraction of sp³-hybridized carbons (Fsp3) is 0.423. The van der Waals surface area contributed by atoms with Crippen LogP contribution >= 0.6 is 0 Å². The molecule has 3 N–H and O–H groups in total. The third kappa shape index (κ3) is 5.35. The van der Waals surface area contributed by atoms with Crippen LogP contribution in [0.4, 0.5) is 14.6 Å². The third-order valence-corrected chi connectivity index (χ3v) is 6.31. The number of hydrogen-bond donors (Lipinski definition) is 2. The van der Waals surface area contributed by atoms with Crippen molar-refractivity contribution >= 4 is 11.5 Å². The molecule has 3 heterocycles. The minimum atomic E-state index is -2.72. The maximum Gasteiger partial charge on any atom is 0.282 e. The third-order valence-electron chi connectivity index (χ3n) is 6.31. The van der Waals surface area contributed by atoms with E-state index < -0.39 is 6.43 Å². The number of aryl methyl sites for hydroxylation is 1. The van der Waals surface area contributed by atoms with Gasteiger partial charge in [-0.1, -0.05) is 45.7 Å². The number of aromatic nitrogens is 5. The van der Waals surface area contributed by atoms with Gasteiger partial charge in [-0.15, -0.1) is 0 Å². The van der Waals surface area contributed by atoms with Gasteiger partial charge in [0.25, 0.3) is 6.43 Å². The first-order chi connectivity index (χ1) is 17.0. The number of nitrogens with two attached hydrogens (primary N) is 1. The van der Waals surface area contributed by atoms with Crippen LogP contribution < -0.4 is 11.1 Å². The van der Waals surface area contributed by atoms with Crippen LogP contribution in [0.1, 0.15) is 64.1 Å². The zero-order valence-electron chi connectivity index (χ0n) is 20.5. The van der Waals surface area contributed by atoms with Crippen LogP contribution in [0.3, 0.4) is 0 Å². The summed E-state index contributed by atoms with van der Waals surface area (Å²) in [5.41, 5.74) is 9.10. The highest BCUT2D eigenvalue weighted by molar-refractivity contribution is 5.67. The smallest absolute Gasteiger partial charge is 0.282 e. The van der Waals surface area contributed by atoms with Gasteiger partial charge < -0.3 is 11.1 Å². The van der Waals surface area contributed by atoms with Crippen LogP contribution in [0.2, 0.25) is 0 Å². The first-order valence-electron chi connectivity index (χ1n) is 12.4. The molecule has 4 aromatic rings. The van der Waals surface area contributed by atoms with Crippen molar-refractivity contribution in [1.29, 1.82) is 0 Å². The summed E-state index contributed by atoms with van der Waals surface area (Å²) in [6, 6.07) is 11.5. The van der Waals surface area contributed by atoms with Crippen molar-refractivity contribution in [2.45, 2.75) is 71.4 Å². The van der Waals surface area contributed by atoms with E-state index in [4.69, 9.17) is 5.73 Å². The lowest BCUT2D eigenvalue weighted by Gasteiger charge is -2.29. The van der Waals surface area contributed by atoms with Gasteiger partial charge in [0, 0.05) is 36.1 Å². The highest BCUT2D eigenvalue weighted by Gasteiger charge is 2.24. The molecule has 7 nitrogen and oxygen atoms in total. The van der Waals surface area contributed by atoms with E-state index in [-0.39, 0.29) is 17.8 Å². The zero-order valence-corrected chi connectivity index (χ0v) is 20.5. The molecule has 0 aliphatic heterocycles. The molecule has 0 radical (unpaired) electrons. The molecule has 2 unspecified atom stereocenters. The van der Waals surface area contributed by atoms with E-state index in [0.717, 1.165) is 37.8 Å². The number of fused-ring (bicyclic) bond motifs is 1. The summed E-state index contributed by atoms with van der Waals surface area (Å²) in [7, 11) is 0. The molecule has 0 saturated heterocycles. The van der Waals surface area contributed by atoms with Gasteiger partial charge in [0.15, 0.2) is 5.65 Å². The van der Waals surface area contributed by atoms with Crippen LogP contribution in [0.15, 0.2) is 48.8 Å². The van der Waals surface area contributed by atoms with Gasteiger partial charge in [0.05, 0.1) is 11.4 Å². The number of halogens is 2. The Morgan fingerprint density at radius 3 is 2.51 bits per heavy atom. The summed E-state index contributed by atoms with van der Waals surface area (Å²) >= 11 is 0. The number of nitrogens with one attached hydrogen (secondary N) is 1. The molecule has 0 spiro atoms. The van der Waals surface area contributed by atoms with Crippen LogP contribution in [-0.4, -0.2) is 36.5 Å². The summed E-state index contributed by atoms with van der Waals surface area (Å²) < 4.78 is 30.7. The second-order valence-electron chi connectivity index (χ2n) is 8.54. The van der Waals surface area contributed by atoms with Crippen LogP contribution in [0.5, 0.6) is 0 Å². The standard InChI is InChI=1S/C24H27F2N7.C2H6/c1-2-15-7-9-16(10-8-15)33-14-17(23(31-33)24(25)26)20-13-22-29-21(11-12-32(22)30-20)28-19-6-4-3-5-18(19)27;1-2/h7-14,18-19,24H,2-6,27H2,1H3,(H,28,29);1-2H3. The first kappa shape index (κ1) is 24.8. The number of rotatable bonds is 6. The number of nitrogens with zero attached hydrogens (tertiary/aromatic N) is 5. The summed E-state index contributed by atoms with van der Waals surface area (Å²) in [6.07, 6.45) is 5.87. The number of anilines is 1. The molecule has 35 heavy (non-hydrogen) atoms. The topological polar surface area (TPSA) is 86.1 Å². The van der Waals surface area contributed by atoms with Crippen LogP contribution in [0, 0.1) is 0 Å². The average molecular weight is 482 g/mol. The van der Waals surface area contributed by atoms with Gasteiger partial charge in [0.1, 0.15) is 11.5 Å². The second kappa shape index (κ2) is 10.9. The van der Waals surface area contributed by atoms with Gasteiger partial charge in [-0.05, 0) is 43.0 Å². The quantitative estimate of drug-likeness (QED) is 0.364. The molecule has 3 aromatic heterocycles. The van der Waals surface area contributed by atoms with E-state index >= 15 is 0 Å².